The van der Waals surface area contributed by atoms with Crippen molar-refractivity contribution in [1.82, 2.24) is 15.4 Å². The van der Waals surface area contributed by atoms with Crippen LogP contribution >= 0.6 is 0 Å². The van der Waals surface area contributed by atoms with E-state index in [1.54, 1.807) is 6.07 Å². The van der Waals surface area contributed by atoms with Crippen LogP contribution in [-0.4, -0.2) is 41.0 Å². The first-order valence-corrected chi connectivity index (χ1v) is 9.13. The van der Waals surface area contributed by atoms with E-state index in [1.807, 2.05) is 4.90 Å². The molecule has 0 radical (unpaired) electrons. The Balaban J connectivity index is 1.50. The minimum atomic E-state index is -0.173. The zero-order valence-electron chi connectivity index (χ0n) is 14.6. The van der Waals surface area contributed by atoms with Gasteiger partial charge in [0.25, 0.3) is 5.91 Å². The van der Waals surface area contributed by atoms with E-state index in [-0.39, 0.29) is 23.8 Å². The second-order valence-electron chi connectivity index (χ2n) is 7.18. The predicted molar refractivity (Wildman–Crippen MR) is 89.6 cm³/mol. The summed E-state index contributed by atoms with van der Waals surface area (Å²) < 4.78 is 5.25. The SMILES string of the molecule is CCCCC(=O)N1CC[C@H](NC(=O)c2cc(C3CC3)on2)[C@@H](C)C1. The van der Waals surface area contributed by atoms with Crippen LogP contribution in [0.3, 0.4) is 0 Å². The Morgan fingerprint density at radius 2 is 2.17 bits per heavy atom. The second kappa shape index (κ2) is 7.36. The number of carbonyl (C=O) groups excluding carboxylic acids is 2. The molecular weight excluding hydrogens is 306 g/mol. The van der Waals surface area contributed by atoms with Gasteiger partial charge in [-0.25, -0.2) is 0 Å². The van der Waals surface area contributed by atoms with Gasteiger partial charge in [-0.15, -0.1) is 0 Å². The van der Waals surface area contributed by atoms with E-state index < -0.39 is 0 Å². The minimum absolute atomic E-state index is 0.0776. The van der Waals surface area contributed by atoms with E-state index in [4.69, 9.17) is 4.52 Å². The van der Waals surface area contributed by atoms with Crippen molar-refractivity contribution in [3.63, 3.8) is 0 Å². The molecule has 1 aliphatic carbocycles. The fraction of sp³-hybridized carbons (Fsp3) is 0.722. The monoisotopic (exact) mass is 333 g/mol. The highest BCUT2D eigenvalue weighted by molar-refractivity contribution is 5.92. The topological polar surface area (TPSA) is 75.4 Å². The number of aromatic nitrogens is 1. The van der Waals surface area contributed by atoms with Gasteiger partial charge in [-0.2, -0.15) is 0 Å². The van der Waals surface area contributed by atoms with Crippen LogP contribution in [-0.2, 0) is 4.79 Å². The largest absolute Gasteiger partial charge is 0.360 e. The van der Waals surface area contributed by atoms with Crippen molar-refractivity contribution in [1.29, 1.82) is 0 Å². The van der Waals surface area contributed by atoms with Crippen molar-refractivity contribution in [2.45, 2.75) is 64.3 Å². The summed E-state index contributed by atoms with van der Waals surface area (Å²) in [6.45, 7) is 5.60. The molecule has 2 fully saturated rings. The Labute approximate surface area is 142 Å². The minimum Gasteiger partial charge on any atom is -0.360 e. The van der Waals surface area contributed by atoms with Crippen LogP contribution < -0.4 is 5.32 Å². The van der Waals surface area contributed by atoms with Crippen LogP contribution in [0.25, 0.3) is 0 Å². The van der Waals surface area contributed by atoms with E-state index in [0.717, 1.165) is 37.9 Å². The van der Waals surface area contributed by atoms with E-state index >= 15 is 0 Å². The zero-order chi connectivity index (χ0) is 17.1. The van der Waals surface area contributed by atoms with E-state index in [9.17, 15) is 9.59 Å². The summed E-state index contributed by atoms with van der Waals surface area (Å²) in [4.78, 5) is 26.4. The molecule has 2 atom stereocenters. The molecule has 2 aliphatic rings. The number of piperidine rings is 1. The molecule has 132 valence electrons. The number of nitrogens with one attached hydrogen (secondary N) is 1. The van der Waals surface area contributed by atoms with Crippen LogP contribution in [0.5, 0.6) is 0 Å². The fourth-order valence-electron chi connectivity index (χ4n) is 3.27. The summed E-state index contributed by atoms with van der Waals surface area (Å²) >= 11 is 0. The Kier molecular flexibility index (Phi) is 5.21. The lowest BCUT2D eigenvalue weighted by Gasteiger charge is -2.37. The summed E-state index contributed by atoms with van der Waals surface area (Å²) in [7, 11) is 0. The number of nitrogens with zero attached hydrogens (tertiary/aromatic N) is 2. The van der Waals surface area contributed by atoms with E-state index in [0.29, 0.717) is 31.1 Å². The number of rotatable bonds is 6. The molecule has 6 nitrogen and oxygen atoms in total. The van der Waals surface area contributed by atoms with Gasteiger partial charge in [-0.05, 0) is 31.6 Å². The Morgan fingerprint density at radius 3 is 2.83 bits per heavy atom. The molecular formula is C18H27N3O3. The Bertz CT molecular complexity index is 594. The number of likely N-dealkylation sites (tertiary alicyclic amines) is 1. The van der Waals surface area contributed by atoms with Crippen LogP contribution in [0.15, 0.2) is 10.6 Å². The lowest BCUT2D eigenvalue weighted by atomic mass is 9.93. The number of carbonyl (C=O) groups is 2. The maximum atomic E-state index is 12.4. The highest BCUT2D eigenvalue weighted by atomic mass is 16.5. The van der Waals surface area contributed by atoms with Gasteiger partial charge in [0, 0.05) is 37.5 Å². The molecule has 0 aromatic carbocycles. The third-order valence-corrected chi connectivity index (χ3v) is 5.06. The first-order valence-electron chi connectivity index (χ1n) is 9.13. The lowest BCUT2D eigenvalue weighted by molar-refractivity contribution is -0.133. The Hall–Kier alpha value is -1.85. The van der Waals surface area contributed by atoms with Gasteiger partial charge in [-0.3, -0.25) is 9.59 Å². The molecule has 2 heterocycles. The van der Waals surface area contributed by atoms with Crippen molar-refractivity contribution < 1.29 is 14.1 Å². The first-order chi connectivity index (χ1) is 11.6. The Morgan fingerprint density at radius 1 is 1.38 bits per heavy atom. The first kappa shape index (κ1) is 17.0. The number of hydrogen-bond donors (Lipinski definition) is 1. The van der Waals surface area contributed by atoms with Crippen molar-refractivity contribution in [2.75, 3.05) is 13.1 Å². The molecule has 2 amide bonds. The maximum absolute atomic E-state index is 12.4. The van der Waals surface area contributed by atoms with Crippen molar-refractivity contribution in [3.8, 4) is 0 Å². The molecule has 0 unspecified atom stereocenters. The molecule has 1 aliphatic heterocycles. The summed E-state index contributed by atoms with van der Waals surface area (Å²) in [5.41, 5.74) is 0.366. The highest BCUT2D eigenvalue weighted by Gasteiger charge is 2.32. The molecule has 3 rings (SSSR count). The fourth-order valence-corrected chi connectivity index (χ4v) is 3.27. The predicted octanol–water partition coefficient (Wildman–Crippen LogP) is 2.71. The van der Waals surface area contributed by atoms with E-state index in [2.05, 4.69) is 24.3 Å². The van der Waals surface area contributed by atoms with Gasteiger partial charge in [-0.1, -0.05) is 25.4 Å². The van der Waals surface area contributed by atoms with Crippen LogP contribution in [0.2, 0.25) is 0 Å². The smallest absolute Gasteiger partial charge is 0.273 e. The molecule has 1 aromatic heterocycles. The zero-order valence-corrected chi connectivity index (χ0v) is 14.6. The standard InChI is InChI=1S/C18H27N3O3/c1-3-4-5-17(22)21-9-8-14(12(2)11-21)19-18(23)15-10-16(24-20-15)13-6-7-13/h10,12-14H,3-9,11H2,1-2H3,(H,19,23)/t12-,14-/m0/s1. The van der Waals surface area contributed by atoms with Gasteiger partial charge in [0.1, 0.15) is 5.76 Å². The van der Waals surface area contributed by atoms with Crippen molar-refractivity contribution in [2.24, 2.45) is 5.92 Å². The van der Waals surface area contributed by atoms with Gasteiger partial charge in [0.2, 0.25) is 5.91 Å². The third kappa shape index (κ3) is 3.97. The normalized spacial score (nSPS) is 24.0. The summed E-state index contributed by atoms with van der Waals surface area (Å²) in [5.74, 6) is 1.58. The highest BCUT2D eigenvalue weighted by Crippen LogP contribution is 2.40. The maximum Gasteiger partial charge on any atom is 0.273 e. The van der Waals surface area contributed by atoms with Crippen LogP contribution in [0.4, 0.5) is 0 Å². The molecule has 1 N–H and O–H groups in total. The molecule has 24 heavy (non-hydrogen) atoms. The van der Waals surface area contributed by atoms with Crippen molar-refractivity contribution in [3.05, 3.63) is 17.5 Å². The second-order valence-corrected chi connectivity index (χ2v) is 7.18. The van der Waals surface area contributed by atoms with Crippen LogP contribution in [0, 0.1) is 5.92 Å². The summed E-state index contributed by atoms with van der Waals surface area (Å²) in [6.07, 6.45) is 5.64. The molecule has 6 heteroatoms. The summed E-state index contributed by atoms with van der Waals surface area (Å²) in [6, 6.07) is 1.84. The van der Waals surface area contributed by atoms with Gasteiger partial charge >= 0.3 is 0 Å². The number of amides is 2. The van der Waals surface area contributed by atoms with E-state index in [1.165, 1.54) is 0 Å². The molecule has 1 saturated carbocycles. The lowest BCUT2D eigenvalue weighted by Crippen LogP contribution is -2.51. The number of hydrogen-bond acceptors (Lipinski definition) is 4. The third-order valence-electron chi connectivity index (χ3n) is 5.06. The van der Waals surface area contributed by atoms with Crippen LogP contribution in [0.1, 0.15) is 74.5 Å². The van der Waals surface area contributed by atoms with Gasteiger partial charge in [0.05, 0.1) is 0 Å². The molecule has 0 bridgehead atoms. The average molecular weight is 333 g/mol. The average Bonchev–Trinajstić information content (AvgIpc) is 3.31. The number of unbranched alkanes of at least 4 members (excludes halogenated alkanes) is 1. The molecule has 1 aromatic rings. The molecule has 0 spiro atoms. The summed E-state index contributed by atoms with van der Waals surface area (Å²) in [5, 5.41) is 6.95. The van der Waals surface area contributed by atoms with Gasteiger partial charge < -0.3 is 14.7 Å². The quantitative estimate of drug-likeness (QED) is 0.868. The van der Waals surface area contributed by atoms with Crippen molar-refractivity contribution >= 4 is 11.8 Å². The van der Waals surface area contributed by atoms with Gasteiger partial charge in [0.15, 0.2) is 5.69 Å². The molecule has 1 saturated heterocycles.